The molecule has 0 aromatic heterocycles. The van der Waals surface area contributed by atoms with Gasteiger partial charge in [-0.05, 0) is 13.1 Å². The summed E-state index contributed by atoms with van der Waals surface area (Å²) in [5.41, 5.74) is 9.69. The Labute approximate surface area is 73.4 Å². The Morgan fingerprint density at radius 1 is 1.11 bits per heavy atom. The van der Waals surface area contributed by atoms with E-state index in [0.29, 0.717) is 0 Å². The fourth-order valence-electron chi connectivity index (χ4n) is 0. The van der Waals surface area contributed by atoms with E-state index < -0.39 is 0 Å². The van der Waals surface area contributed by atoms with Crippen LogP contribution in [-0.2, 0) is 15.9 Å². The molecule has 0 aromatic carbocycles. The first kappa shape index (κ1) is 16.6. The molecule has 4 N–H and O–H groups in total. The number of rotatable bonds is 0. The second kappa shape index (κ2) is 35.2. The number of halogens is 2. The van der Waals surface area contributed by atoms with Gasteiger partial charge in [-0.25, -0.2) is 0 Å². The third-order valence-corrected chi connectivity index (χ3v) is 0. The van der Waals surface area contributed by atoms with E-state index in [9.17, 15) is 0 Å². The Morgan fingerprint density at radius 2 is 1.11 bits per heavy atom. The first-order chi connectivity index (χ1) is 4.24. The van der Waals surface area contributed by atoms with Gasteiger partial charge in [-0.2, -0.15) is 0 Å². The molecule has 2 nitrogen and oxygen atoms in total. The van der Waals surface area contributed by atoms with Gasteiger partial charge in [0.2, 0.25) is 0 Å². The maximum atomic E-state index is 4.85. The average Bonchev–Trinajstić information content (AvgIpc) is 1.70. The molecule has 0 spiro atoms. The van der Waals surface area contributed by atoms with Crippen molar-refractivity contribution >= 4 is 19.1 Å². The number of hydrogen-bond acceptors (Lipinski definition) is 2. The molecule has 0 unspecified atom stereocenters. The van der Waals surface area contributed by atoms with Crippen molar-refractivity contribution in [2.45, 2.75) is 13.8 Å². The van der Waals surface area contributed by atoms with Gasteiger partial charge in [0.05, 0.1) is 0 Å². The normalized spacial score (nSPS) is 6.44. The van der Waals surface area contributed by atoms with Crippen molar-refractivity contribution in [3.8, 4) is 0 Å². The van der Waals surface area contributed by atoms with Crippen molar-refractivity contribution in [3.63, 3.8) is 0 Å². The van der Waals surface area contributed by atoms with Crippen LogP contribution >= 0.6 is 19.1 Å². The monoisotopic (exact) mass is 266 g/mol. The molecule has 0 saturated heterocycles. The SMILES string of the molecule is CCN.CCN.[Cl][Pd][Cl]. The van der Waals surface area contributed by atoms with Gasteiger partial charge in [-0.15, -0.1) is 0 Å². The van der Waals surface area contributed by atoms with Crippen molar-refractivity contribution in [1.82, 2.24) is 0 Å². The zero-order chi connectivity index (χ0) is 8.12. The van der Waals surface area contributed by atoms with Crippen molar-refractivity contribution < 1.29 is 15.9 Å². The molecule has 0 aliphatic rings. The molecule has 0 atom stereocenters. The number of nitrogens with two attached hydrogens (primary N) is 2. The third-order valence-electron chi connectivity index (χ3n) is 0. The molecule has 0 aliphatic carbocycles. The predicted octanol–water partition coefficient (Wildman–Crippen LogP) is 1.31. The second-order valence-electron chi connectivity index (χ2n) is 0.862. The molecular formula is C4H14Cl2N2Pd. The van der Waals surface area contributed by atoms with E-state index in [2.05, 4.69) is 0 Å². The zero-order valence-corrected chi connectivity index (χ0v) is 8.71. The average molecular weight is 267 g/mol. The van der Waals surface area contributed by atoms with Crippen LogP contribution in [0.5, 0.6) is 0 Å². The molecule has 0 radical (unpaired) electrons. The standard InChI is InChI=1S/2C2H7N.2ClH.Pd/c2*1-2-3;;;/h2*2-3H2,1H3;2*1H;/q;;;;+2/p-2. The third kappa shape index (κ3) is 348. The van der Waals surface area contributed by atoms with E-state index in [1.807, 2.05) is 13.8 Å². The van der Waals surface area contributed by atoms with E-state index in [0.717, 1.165) is 13.1 Å². The van der Waals surface area contributed by atoms with Gasteiger partial charge in [0.1, 0.15) is 0 Å². The summed E-state index contributed by atoms with van der Waals surface area (Å²) in [6.07, 6.45) is 0. The number of hydrogen-bond donors (Lipinski definition) is 2. The van der Waals surface area contributed by atoms with Crippen molar-refractivity contribution in [2.24, 2.45) is 11.5 Å². The van der Waals surface area contributed by atoms with Crippen molar-refractivity contribution in [1.29, 1.82) is 0 Å². The minimum atomic E-state index is -0.106. The quantitative estimate of drug-likeness (QED) is 0.650. The summed E-state index contributed by atoms with van der Waals surface area (Å²) in [6, 6.07) is 0. The summed E-state index contributed by atoms with van der Waals surface area (Å²) in [7, 11) is 9.63. The predicted molar refractivity (Wildman–Crippen MR) is 41.2 cm³/mol. The molecule has 0 amide bonds. The maximum absolute atomic E-state index is 4.85. The Kier molecular flexibility index (Phi) is 65.1. The summed E-state index contributed by atoms with van der Waals surface area (Å²) >= 11 is -0.106. The topological polar surface area (TPSA) is 52.0 Å². The fourth-order valence-corrected chi connectivity index (χ4v) is 0. The van der Waals surface area contributed by atoms with Gasteiger partial charge in [0.15, 0.2) is 0 Å². The molecule has 64 valence electrons. The molecule has 9 heavy (non-hydrogen) atoms. The van der Waals surface area contributed by atoms with Crippen LogP contribution in [0.4, 0.5) is 0 Å². The van der Waals surface area contributed by atoms with Crippen LogP contribution in [0.25, 0.3) is 0 Å². The van der Waals surface area contributed by atoms with Crippen LogP contribution in [0.1, 0.15) is 13.8 Å². The van der Waals surface area contributed by atoms with Crippen LogP contribution in [-0.4, -0.2) is 13.1 Å². The Morgan fingerprint density at radius 3 is 1.11 bits per heavy atom. The molecule has 0 saturated carbocycles. The van der Waals surface area contributed by atoms with E-state index >= 15 is 0 Å². The van der Waals surface area contributed by atoms with Gasteiger partial charge in [-0.3, -0.25) is 0 Å². The molecule has 0 heterocycles. The van der Waals surface area contributed by atoms with Crippen molar-refractivity contribution in [2.75, 3.05) is 13.1 Å². The minimum absolute atomic E-state index is 0.106. The van der Waals surface area contributed by atoms with Crippen LogP contribution < -0.4 is 11.5 Å². The van der Waals surface area contributed by atoms with E-state index in [1.54, 1.807) is 0 Å². The first-order valence-electron chi connectivity index (χ1n) is 2.47. The Bertz CT molecular complexity index is 21.3. The molecule has 5 heteroatoms. The van der Waals surface area contributed by atoms with Gasteiger partial charge < -0.3 is 11.5 Å². The molecule has 0 rings (SSSR count). The Hall–Kier alpha value is 1.16. The van der Waals surface area contributed by atoms with E-state index in [4.69, 9.17) is 30.5 Å². The van der Waals surface area contributed by atoms with Crippen LogP contribution in [0, 0.1) is 0 Å². The van der Waals surface area contributed by atoms with E-state index in [1.165, 1.54) is 0 Å². The first-order valence-corrected chi connectivity index (χ1v) is 6.47. The summed E-state index contributed by atoms with van der Waals surface area (Å²) in [5, 5.41) is 0. The summed E-state index contributed by atoms with van der Waals surface area (Å²) in [5.74, 6) is 0. The molecular weight excluding hydrogens is 253 g/mol. The van der Waals surface area contributed by atoms with Crippen LogP contribution in [0.3, 0.4) is 0 Å². The molecule has 0 bridgehead atoms. The summed E-state index contributed by atoms with van der Waals surface area (Å²) in [6.45, 7) is 5.31. The van der Waals surface area contributed by atoms with Gasteiger partial charge >= 0.3 is 35.0 Å². The summed E-state index contributed by atoms with van der Waals surface area (Å²) in [4.78, 5) is 0. The zero-order valence-electron chi connectivity index (χ0n) is 5.64. The van der Waals surface area contributed by atoms with Gasteiger partial charge in [0, 0.05) is 0 Å². The fraction of sp³-hybridized carbons (Fsp3) is 1.00. The Balaban J connectivity index is -0.0000000600. The molecule has 0 aromatic rings. The summed E-state index contributed by atoms with van der Waals surface area (Å²) < 4.78 is 0. The molecule has 0 aliphatic heterocycles. The van der Waals surface area contributed by atoms with Crippen LogP contribution in [0.15, 0.2) is 0 Å². The molecule has 0 fully saturated rings. The van der Waals surface area contributed by atoms with E-state index in [-0.39, 0.29) is 15.9 Å². The van der Waals surface area contributed by atoms with Gasteiger partial charge in [-0.1, -0.05) is 13.8 Å². The van der Waals surface area contributed by atoms with Crippen LogP contribution in [0.2, 0.25) is 0 Å². The van der Waals surface area contributed by atoms with Gasteiger partial charge in [0.25, 0.3) is 0 Å². The van der Waals surface area contributed by atoms with Crippen molar-refractivity contribution in [3.05, 3.63) is 0 Å². The second-order valence-corrected chi connectivity index (χ2v) is 3.22.